The first-order valence-electron chi connectivity index (χ1n) is 7.80. The maximum atomic E-state index is 10.5. The number of rotatable bonds is 2. The van der Waals surface area contributed by atoms with E-state index in [0.717, 1.165) is 16.5 Å². The summed E-state index contributed by atoms with van der Waals surface area (Å²) in [5.41, 5.74) is 6.52. The molecule has 128 valence electrons. The standard InChI is InChI=1S/C18H19N5O2/c1-11(24)4-5-12-6-7-13-14(10-12)23(22-16(13)18(2,3)25)15-8-9-20-17(19)21-15/h6-11,24-25H,1-3H3,(H2,19,20,21). The number of aliphatic hydroxyl groups is 2. The summed E-state index contributed by atoms with van der Waals surface area (Å²) in [4.78, 5) is 8.10. The summed E-state index contributed by atoms with van der Waals surface area (Å²) >= 11 is 0. The lowest BCUT2D eigenvalue weighted by Gasteiger charge is -2.14. The molecule has 0 spiro atoms. The van der Waals surface area contributed by atoms with Gasteiger partial charge in [0.2, 0.25) is 5.95 Å². The molecule has 7 nitrogen and oxygen atoms in total. The van der Waals surface area contributed by atoms with E-state index in [0.29, 0.717) is 11.5 Å². The molecule has 0 amide bonds. The Bertz CT molecular complexity index is 990. The van der Waals surface area contributed by atoms with E-state index in [1.165, 1.54) is 0 Å². The number of nitrogens with two attached hydrogens (primary N) is 1. The molecule has 0 aliphatic carbocycles. The van der Waals surface area contributed by atoms with E-state index in [9.17, 15) is 10.2 Å². The molecule has 3 aromatic rings. The van der Waals surface area contributed by atoms with Crippen molar-refractivity contribution < 1.29 is 10.2 Å². The van der Waals surface area contributed by atoms with Gasteiger partial charge in [0.05, 0.1) is 5.52 Å². The molecule has 25 heavy (non-hydrogen) atoms. The lowest BCUT2D eigenvalue weighted by Crippen LogP contribution is -2.17. The number of anilines is 1. The van der Waals surface area contributed by atoms with E-state index in [1.807, 2.05) is 18.2 Å². The minimum atomic E-state index is -1.13. The van der Waals surface area contributed by atoms with Crippen molar-refractivity contribution in [3.05, 3.63) is 41.7 Å². The van der Waals surface area contributed by atoms with Gasteiger partial charge in [-0.3, -0.25) is 0 Å². The molecule has 0 saturated heterocycles. The molecule has 0 saturated carbocycles. The fourth-order valence-corrected chi connectivity index (χ4v) is 2.49. The summed E-state index contributed by atoms with van der Waals surface area (Å²) in [6, 6.07) is 7.20. The summed E-state index contributed by atoms with van der Waals surface area (Å²) in [6.45, 7) is 4.95. The molecule has 2 aromatic heterocycles. The van der Waals surface area contributed by atoms with E-state index in [2.05, 4.69) is 26.9 Å². The molecule has 0 bridgehead atoms. The number of hydrogen-bond donors (Lipinski definition) is 3. The van der Waals surface area contributed by atoms with Crippen molar-refractivity contribution in [2.24, 2.45) is 0 Å². The van der Waals surface area contributed by atoms with Gasteiger partial charge in [0.25, 0.3) is 0 Å². The van der Waals surface area contributed by atoms with Gasteiger partial charge in [0.15, 0.2) is 5.82 Å². The SMILES string of the molecule is CC(O)C#Cc1ccc2c(C(C)(C)O)nn(-c3ccnc(N)n3)c2c1. The second-order valence-corrected chi connectivity index (χ2v) is 6.27. The fraction of sp³-hybridized carbons (Fsp3) is 0.278. The number of hydrogen-bond acceptors (Lipinski definition) is 6. The predicted molar refractivity (Wildman–Crippen MR) is 94.9 cm³/mol. The van der Waals surface area contributed by atoms with Crippen LogP contribution < -0.4 is 5.73 Å². The van der Waals surface area contributed by atoms with Crippen molar-refractivity contribution in [1.29, 1.82) is 0 Å². The van der Waals surface area contributed by atoms with E-state index < -0.39 is 11.7 Å². The van der Waals surface area contributed by atoms with Gasteiger partial charge < -0.3 is 15.9 Å². The third-order valence-electron chi connectivity index (χ3n) is 3.56. The first-order valence-corrected chi connectivity index (χ1v) is 7.80. The molecule has 0 aliphatic heterocycles. The van der Waals surface area contributed by atoms with Gasteiger partial charge in [0.1, 0.15) is 17.4 Å². The average Bonchev–Trinajstić information content (AvgIpc) is 2.92. The maximum Gasteiger partial charge on any atom is 0.221 e. The molecule has 0 fully saturated rings. The van der Waals surface area contributed by atoms with Crippen molar-refractivity contribution in [1.82, 2.24) is 19.7 Å². The van der Waals surface area contributed by atoms with Crippen molar-refractivity contribution in [3.63, 3.8) is 0 Å². The van der Waals surface area contributed by atoms with Crippen LogP contribution in [0.25, 0.3) is 16.7 Å². The van der Waals surface area contributed by atoms with Crippen LogP contribution in [0, 0.1) is 11.8 Å². The lowest BCUT2D eigenvalue weighted by atomic mass is 10.0. The Balaban J connectivity index is 2.27. The molecule has 0 radical (unpaired) electrons. The van der Waals surface area contributed by atoms with Crippen LogP contribution in [0.2, 0.25) is 0 Å². The minimum absolute atomic E-state index is 0.135. The Labute approximate surface area is 145 Å². The molecular formula is C18H19N5O2. The first kappa shape index (κ1) is 16.9. The zero-order valence-electron chi connectivity index (χ0n) is 14.2. The summed E-state index contributed by atoms with van der Waals surface area (Å²) in [6.07, 6.45) is 0.834. The lowest BCUT2D eigenvalue weighted by molar-refractivity contribution is 0.0749. The molecule has 0 aliphatic rings. The molecule has 3 rings (SSSR count). The van der Waals surface area contributed by atoms with Crippen molar-refractivity contribution in [2.75, 3.05) is 5.73 Å². The van der Waals surface area contributed by atoms with E-state index >= 15 is 0 Å². The Kier molecular flexibility index (Phi) is 4.17. The molecule has 7 heteroatoms. The maximum absolute atomic E-state index is 10.5. The number of benzene rings is 1. The summed E-state index contributed by atoms with van der Waals surface area (Å²) in [7, 11) is 0. The molecule has 1 unspecified atom stereocenters. The van der Waals surface area contributed by atoms with Crippen LogP contribution in [-0.2, 0) is 5.60 Å². The first-order chi connectivity index (χ1) is 11.8. The van der Waals surface area contributed by atoms with Crippen LogP contribution >= 0.6 is 0 Å². The Morgan fingerprint density at radius 2 is 2.04 bits per heavy atom. The quantitative estimate of drug-likeness (QED) is 0.609. The van der Waals surface area contributed by atoms with Crippen LogP contribution in [-0.4, -0.2) is 36.1 Å². The highest BCUT2D eigenvalue weighted by molar-refractivity contribution is 5.85. The average molecular weight is 337 g/mol. The summed E-state index contributed by atoms with van der Waals surface area (Å²) in [5.74, 6) is 6.26. The van der Waals surface area contributed by atoms with Gasteiger partial charge >= 0.3 is 0 Å². The molecule has 2 heterocycles. The minimum Gasteiger partial charge on any atom is -0.384 e. The highest BCUT2D eigenvalue weighted by Crippen LogP contribution is 2.29. The van der Waals surface area contributed by atoms with Crippen molar-refractivity contribution >= 4 is 16.9 Å². The smallest absolute Gasteiger partial charge is 0.221 e. The molecular weight excluding hydrogens is 318 g/mol. The number of fused-ring (bicyclic) bond motifs is 1. The normalized spacial score (nSPS) is 12.7. The number of aliphatic hydroxyl groups excluding tert-OH is 1. The number of nitrogen functional groups attached to an aromatic ring is 1. The third kappa shape index (κ3) is 3.45. The van der Waals surface area contributed by atoms with E-state index in [1.54, 1.807) is 37.7 Å². The van der Waals surface area contributed by atoms with Gasteiger partial charge in [-0.2, -0.15) is 10.1 Å². The predicted octanol–water partition coefficient (Wildman–Crippen LogP) is 1.36. The Morgan fingerprint density at radius 1 is 1.28 bits per heavy atom. The van der Waals surface area contributed by atoms with Crippen LogP contribution in [0.15, 0.2) is 30.5 Å². The van der Waals surface area contributed by atoms with Gasteiger partial charge in [-0.05, 0) is 39.0 Å². The zero-order chi connectivity index (χ0) is 18.2. The monoisotopic (exact) mass is 337 g/mol. The molecule has 1 aromatic carbocycles. The van der Waals surface area contributed by atoms with Crippen molar-refractivity contribution in [2.45, 2.75) is 32.5 Å². The number of nitrogens with zero attached hydrogens (tertiary/aromatic N) is 4. The van der Waals surface area contributed by atoms with Gasteiger partial charge in [-0.1, -0.05) is 11.8 Å². The topological polar surface area (TPSA) is 110 Å². The number of aromatic nitrogens is 4. The summed E-state index contributed by atoms with van der Waals surface area (Å²) in [5, 5.41) is 25.1. The highest BCUT2D eigenvalue weighted by Gasteiger charge is 2.25. The van der Waals surface area contributed by atoms with Crippen molar-refractivity contribution in [3.8, 4) is 17.7 Å². The fourth-order valence-electron chi connectivity index (χ4n) is 2.49. The highest BCUT2D eigenvalue weighted by atomic mass is 16.3. The Morgan fingerprint density at radius 3 is 2.68 bits per heavy atom. The zero-order valence-corrected chi connectivity index (χ0v) is 14.2. The van der Waals surface area contributed by atoms with Crippen LogP contribution in [0.3, 0.4) is 0 Å². The van der Waals surface area contributed by atoms with Crippen LogP contribution in [0.4, 0.5) is 5.95 Å². The largest absolute Gasteiger partial charge is 0.384 e. The Hall–Kier alpha value is -2.95. The molecule has 1 atom stereocenters. The molecule has 4 N–H and O–H groups in total. The summed E-state index contributed by atoms with van der Waals surface area (Å²) < 4.78 is 1.61. The third-order valence-corrected chi connectivity index (χ3v) is 3.56. The van der Waals surface area contributed by atoms with E-state index in [-0.39, 0.29) is 5.95 Å². The van der Waals surface area contributed by atoms with Gasteiger partial charge in [-0.15, -0.1) is 0 Å². The second kappa shape index (κ2) is 6.16. The van der Waals surface area contributed by atoms with E-state index in [4.69, 9.17) is 5.73 Å². The second-order valence-electron chi connectivity index (χ2n) is 6.27. The van der Waals surface area contributed by atoms with Crippen LogP contribution in [0.5, 0.6) is 0 Å². The van der Waals surface area contributed by atoms with Gasteiger partial charge in [-0.25, -0.2) is 9.67 Å². The van der Waals surface area contributed by atoms with Crippen LogP contribution in [0.1, 0.15) is 32.0 Å². The van der Waals surface area contributed by atoms with Gasteiger partial charge in [0, 0.05) is 23.2 Å².